The van der Waals surface area contributed by atoms with Crippen LogP contribution in [0.25, 0.3) is 0 Å². The zero-order valence-electron chi connectivity index (χ0n) is 6.83. The van der Waals surface area contributed by atoms with Crippen LogP contribution in [0.3, 0.4) is 0 Å². The fraction of sp³-hybridized carbons (Fsp3) is 0.429. The van der Waals surface area contributed by atoms with Gasteiger partial charge in [0.25, 0.3) is 0 Å². The van der Waals surface area contributed by atoms with E-state index in [9.17, 15) is 9.59 Å². The second-order valence-electron chi connectivity index (χ2n) is 2.32. The lowest BCUT2D eigenvalue weighted by Crippen LogP contribution is -2.59. The van der Waals surface area contributed by atoms with Gasteiger partial charge in [0, 0.05) is 6.42 Å². The lowest BCUT2D eigenvalue weighted by Gasteiger charge is -2.23. The molecule has 0 bridgehead atoms. The van der Waals surface area contributed by atoms with E-state index in [2.05, 4.69) is 11.9 Å². The Kier molecular flexibility index (Phi) is 3.43. The summed E-state index contributed by atoms with van der Waals surface area (Å²) in [5, 5.41) is 11.1. The first-order chi connectivity index (χ1) is 5.51. The van der Waals surface area contributed by atoms with Crippen LogP contribution in [-0.2, 0) is 9.59 Å². The Labute approximate surface area is 70.2 Å². The van der Waals surface area contributed by atoms with Crippen molar-refractivity contribution in [1.82, 2.24) is 5.32 Å². The smallest absolute Gasteiger partial charge is 0.334 e. The molecule has 0 heterocycles. The molecule has 5 nitrogen and oxygen atoms in total. The fourth-order valence-corrected chi connectivity index (χ4v) is 0.842. The number of carbonyl (C=O) groups excluding carboxylic acids is 1. The highest BCUT2D eigenvalue weighted by Crippen LogP contribution is 2.09. The van der Waals surface area contributed by atoms with Gasteiger partial charge in [0.05, 0.1) is 0 Å². The maximum Gasteiger partial charge on any atom is 0.334 e. The number of likely N-dealkylation sites (N-methyl/N-ethyl adjacent to an activating group) is 1. The van der Waals surface area contributed by atoms with Crippen LogP contribution in [0.2, 0.25) is 0 Å². The zero-order valence-corrected chi connectivity index (χ0v) is 6.83. The van der Waals surface area contributed by atoms with Crippen molar-refractivity contribution < 1.29 is 14.7 Å². The number of primary amides is 1. The maximum absolute atomic E-state index is 10.8. The average molecular weight is 172 g/mol. The molecule has 0 saturated carbocycles. The number of amides is 1. The summed E-state index contributed by atoms with van der Waals surface area (Å²) in [7, 11) is 1.36. The van der Waals surface area contributed by atoms with Gasteiger partial charge in [-0.05, 0) is 7.05 Å². The van der Waals surface area contributed by atoms with E-state index in [-0.39, 0.29) is 6.42 Å². The largest absolute Gasteiger partial charge is 0.479 e. The average Bonchev–Trinajstić information content (AvgIpc) is 1.98. The van der Waals surface area contributed by atoms with Crippen LogP contribution < -0.4 is 11.1 Å². The van der Waals surface area contributed by atoms with Crippen LogP contribution in [0.15, 0.2) is 12.7 Å². The molecule has 0 unspecified atom stereocenters. The number of carboxylic acids is 1. The van der Waals surface area contributed by atoms with E-state index in [1.807, 2.05) is 0 Å². The number of hydrogen-bond acceptors (Lipinski definition) is 3. The van der Waals surface area contributed by atoms with Crippen LogP contribution in [0.5, 0.6) is 0 Å². The molecule has 68 valence electrons. The molecule has 0 spiro atoms. The standard InChI is InChI=1S/C7H12N2O3/c1-3-4-7(9-2,5(8)10)6(11)12/h3,9H,1,4H2,2H3,(H2,8,10)(H,11,12)/t7-/m1/s1. The summed E-state index contributed by atoms with van der Waals surface area (Å²) in [6.07, 6.45) is 1.30. The molecular formula is C7H12N2O3. The van der Waals surface area contributed by atoms with Crippen molar-refractivity contribution in [3.63, 3.8) is 0 Å². The summed E-state index contributed by atoms with van der Waals surface area (Å²) in [5.41, 5.74) is 3.22. The Morgan fingerprint density at radius 1 is 1.75 bits per heavy atom. The summed E-state index contributed by atoms with van der Waals surface area (Å²) in [4.78, 5) is 21.5. The minimum absolute atomic E-state index is 0.0336. The lowest BCUT2D eigenvalue weighted by molar-refractivity contribution is -0.149. The highest BCUT2D eigenvalue weighted by molar-refractivity contribution is 6.06. The molecule has 0 aromatic rings. The molecule has 4 N–H and O–H groups in total. The Morgan fingerprint density at radius 2 is 2.25 bits per heavy atom. The van der Waals surface area contributed by atoms with Gasteiger partial charge >= 0.3 is 5.97 Å². The van der Waals surface area contributed by atoms with Gasteiger partial charge in [-0.1, -0.05) is 6.08 Å². The highest BCUT2D eigenvalue weighted by Gasteiger charge is 2.41. The van der Waals surface area contributed by atoms with Crippen molar-refractivity contribution >= 4 is 11.9 Å². The molecule has 0 aliphatic carbocycles. The predicted octanol–water partition coefficient (Wildman–Crippen LogP) is -0.909. The first-order valence-corrected chi connectivity index (χ1v) is 3.34. The van der Waals surface area contributed by atoms with Crippen molar-refractivity contribution in [2.75, 3.05) is 7.05 Å². The topological polar surface area (TPSA) is 92.4 Å². The van der Waals surface area contributed by atoms with Crippen molar-refractivity contribution in [2.24, 2.45) is 5.73 Å². The molecular weight excluding hydrogens is 160 g/mol. The third-order valence-corrected chi connectivity index (χ3v) is 1.66. The second kappa shape index (κ2) is 3.87. The number of hydrogen-bond donors (Lipinski definition) is 3. The minimum Gasteiger partial charge on any atom is -0.479 e. The van der Waals surface area contributed by atoms with Crippen LogP contribution >= 0.6 is 0 Å². The minimum atomic E-state index is -1.72. The highest BCUT2D eigenvalue weighted by atomic mass is 16.4. The third kappa shape index (κ3) is 1.62. The van der Waals surface area contributed by atoms with Crippen molar-refractivity contribution in [2.45, 2.75) is 12.0 Å². The second-order valence-corrected chi connectivity index (χ2v) is 2.32. The number of carboxylic acid groups (broad SMARTS) is 1. The predicted molar refractivity (Wildman–Crippen MR) is 43.4 cm³/mol. The maximum atomic E-state index is 10.8. The van der Waals surface area contributed by atoms with E-state index in [4.69, 9.17) is 10.8 Å². The van der Waals surface area contributed by atoms with Gasteiger partial charge in [0.1, 0.15) is 0 Å². The van der Waals surface area contributed by atoms with Crippen molar-refractivity contribution in [1.29, 1.82) is 0 Å². The fourth-order valence-electron chi connectivity index (χ4n) is 0.842. The number of nitrogens with two attached hydrogens (primary N) is 1. The van der Waals surface area contributed by atoms with E-state index < -0.39 is 17.4 Å². The van der Waals surface area contributed by atoms with Crippen LogP contribution in [0, 0.1) is 0 Å². The van der Waals surface area contributed by atoms with E-state index >= 15 is 0 Å². The number of aliphatic carboxylic acids is 1. The molecule has 0 aliphatic heterocycles. The summed E-state index contributed by atoms with van der Waals surface area (Å²) in [6.45, 7) is 3.35. The molecule has 1 amide bonds. The van der Waals surface area contributed by atoms with Gasteiger partial charge in [0.2, 0.25) is 5.91 Å². The Morgan fingerprint density at radius 3 is 2.33 bits per heavy atom. The zero-order chi connectivity index (χ0) is 9.78. The van der Waals surface area contributed by atoms with Crippen LogP contribution in [0.4, 0.5) is 0 Å². The Hall–Kier alpha value is -1.36. The molecule has 1 atom stereocenters. The number of nitrogens with one attached hydrogen (secondary N) is 1. The number of rotatable bonds is 5. The van der Waals surface area contributed by atoms with E-state index in [0.717, 1.165) is 0 Å². The summed E-state index contributed by atoms with van der Waals surface area (Å²) in [6, 6.07) is 0. The molecule has 12 heavy (non-hydrogen) atoms. The van der Waals surface area contributed by atoms with Gasteiger partial charge in [-0.3, -0.25) is 10.1 Å². The quantitative estimate of drug-likeness (QED) is 0.370. The van der Waals surface area contributed by atoms with Gasteiger partial charge in [-0.15, -0.1) is 6.58 Å². The summed E-state index contributed by atoms with van der Waals surface area (Å²) < 4.78 is 0. The summed E-state index contributed by atoms with van der Waals surface area (Å²) >= 11 is 0. The normalized spacial score (nSPS) is 14.8. The molecule has 0 radical (unpaired) electrons. The van der Waals surface area contributed by atoms with Crippen molar-refractivity contribution in [3.8, 4) is 0 Å². The van der Waals surface area contributed by atoms with E-state index in [0.29, 0.717) is 0 Å². The van der Waals surface area contributed by atoms with Gasteiger partial charge in [0.15, 0.2) is 5.54 Å². The number of carbonyl (C=O) groups is 2. The SMILES string of the molecule is C=CC[C@@](NC)(C(N)=O)C(=O)O. The summed E-state index contributed by atoms with van der Waals surface area (Å²) in [5.74, 6) is -2.21. The molecule has 0 aliphatic rings. The van der Waals surface area contributed by atoms with Crippen LogP contribution in [0.1, 0.15) is 6.42 Å². The van der Waals surface area contributed by atoms with E-state index in [1.165, 1.54) is 13.1 Å². The Bertz CT molecular complexity index is 199. The first-order valence-electron chi connectivity index (χ1n) is 3.34. The van der Waals surface area contributed by atoms with Crippen LogP contribution in [-0.4, -0.2) is 29.6 Å². The van der Waals surface area contributed by atoms with E-state index in [1.54, 1.807) is 0 Å². The molecule has 0 saturated heterocycles. The lowest BCUT2D eigenvalue weighted by atomic mass is 9.95. The Balaban J connectivity index is 4.88. The van der Waals surface area contributed by atoms with Gasteiger partial charge in [-0.25, -0.2) is 4.79 Å². The van der Waals surface area contributed by atoms with Crippen molar-refractivity contribution in [3.05, 3.63) is 12.7 Å². The third-order valence-electron chi connectivity index (χ3n) is 1.66. The molecule has 5 heteroatoms. The molecule has 0 aromatic heterocycles. The molecule has 0 fully saturated rings. The monoisotopic (exact) mass is 172 g/mol. The molecule has 0 rings (SSSR count). The van der Waals surface area contributed by atoms with Gasteiger partial charge < -0.3 is 10.8 Å². The first kappa shape index (κ1) is 10.6. The molecule has 0 aromatic carbocycles. The van der Waals surface area contributed by atoms with Gasteiger partial charge in [-0.2, -0.15) is 0 Å².